The summed E-state index contributed by atoms with van der Waals surface area (Å²) in [7, 11) is 1.81. The zero-order valence-electron chi connectivity index (χ0n) is 13.0. The Balaban J connectivity index is 1.80. The monoisotopic (exact) mass is 292 g/mol. The van der Waals surface area contributed by atoms with Crippen molar-refractivity contribution in [2.45, 2.75) is 38.8 Å². The molecule has 116 valence electrons. The molecule has 1 atom stereocenters. The van der Waals surface area contributed by atoms with Gasteiger partial charge in [-0.25, -0.2) is 0 Å². The molecule has 0 saturated carbocycles. The third kappa shape index (κ3) is 3.18. The third-order valence-electron chi connectivity index (χ3n) is 4.04. The smallest absolute Gasteiger partial charge is 0.323 e. The summed E-state index contributed by atoms with van der Waals surface area (Å²) in [6.45, 7) is 8.23. The number of hydrogen-bond donors (Lipinski definition) is 1. The number of aromatic nitrogens is 3. The van der Waals surface area contributed by atoms with Crippen LogP contribution in [0.2, 0.25) is 0 Å². The summed E-state index contributed by atoms with van der Waals surface area (Å²) in [6, 6.07) is 1.04. The van der Waals surface area contributed by atoms with E-state index in [1.54, 1.807) is 0 Å². The molecule has 7 heteroatoms. The van der Waals surface area contributed by atoms with Crippen molar-refractivity contribution in [1.82, 2.24) is 19.9 Å². The summed E-state index contributed by atoms with van der Waals surface area (Å²) in [5, 5.41) is 2.99. The van der Waals surface area contributed by atoms with Crippen LogP contribution in [0.15, 0.2) is 0 Å². The van der Waals surface area contributed by atoms with Gasteiger partial charge >= 0.3 is 6.01 Å². The van der Waals surface area contributed by atoms with Crippen LogP contribution >= 0.6 is 0 Å². The lowest BCUT2D eigenvalue weighted by molar-refractivity contribution is 0.218. The van der Waals surface area contributed by atoms with Crippen LogP contribution < -0.4 is 15.0 Å². The SMILES string of the molecule is CNc1nc(OC(C)C)nc(N2CCN3CCCC3C2)n1. The Bertz CT molecular complexity index is 494. The molecule has 2 fully saturated rings. The van der Waals surface area contributed by atoms with E-state index >= 15 is 0 Å². The zero-order valence-corrected chi connectivity index (χ0v) is 13.0. The van der Waals surface area contributed by atoms with Gasteiger partial charge in [0.1, 0.15) is 0 Å². The van der Waals surface area contributed by atoms with Crippen LogP contribution in [0.4, 0.5) is 11.9 Å². The summed E-state index contributed by atoms with van der Waals surface area (Å²) < 4.78 is 5.64. The second-order valence-corrected chi connectivity index (χ2v) is 5.94. The van der Waals surface area contributed by atoms with E-state index in [1.165, 1.54) is 19.4 Å². The van der Waals surface area contributed by atoms with Crippen molar-refractivity contribution in [1.29, 1.82) is 0 Å². The molecular weight excluding hydrogens is 268 g/mol. The minimum atomic E-state index is 0.0524. The van der Waals surface area contributed by atoms with E-state index in [0.717, 1.165) is 25.6 Å². The van der Waals surface area contributed by atoms with Crippen molar-refractivity contribution >= 4 is 11.9 Å². The first kappa shape index (κ1) is 14.3. The molecule has 1 N–H and O–H groups in total. The first-order valence-electron chi connectivity index (χ1n) is 7.75. The predicted molar refractivity (Wildman–Crippen MR) is 81.9 cm³/mol. The second-order valence-electron chi connectivity index (χ2n) is 5.94. The Morgan fingerprint density at radius 1 is 1.19 bits per heavy atom. The summed E-state index contributed by atoms with van der Waals surface area (Å²) >= 11 is 0. The van der Waals surface area contributed by atoms with Crippen LogP contribution in [-0.4, -0.2) is 65.2 Å². The van der Waals surface area contributed by atoms with Crippen molar-refractivity contribution in [3.63, 3.8) is 0 Å². The molecule has 0 radical (unpaired) electrons. The molecule has 3 rings (SSSR count). The number of anilines is 2. The molecule has 1 aromatic heterocycles. The average Bonchev–Trinajstić information content (AvgIpc) is 2.93. The standard InChI is InChI=1S/C14H24N6O/c1-10(2)21-14-17-12(15-3)16-13(18-14)20-8-7-19-6-4-5-11(19)9-20/h10-11H,4-9H2,1-3H3,(H,15,16,17,18). The van der Waals surface area contributed by atoms with Crippen LogP contribution in [0, 0.1) is 0 Å². The molecule has 3 heterocycles. The van der Waals surface area contributed by atoms with Crippen molar-refractivity contribution in [2.75, 3.05) is 43.4 Å². The molecule has 1 unspecified atom stereocenters. The highest BCUT2D eigenvalue weighted by atomic mass is 16.5. The van der Waals surface area contributed by atoms with Gasteiger partial charge in [0, 0.05) is 32.7 Å². The Morgan fingerprint density at radius 2 is 2.05 bits per heavy atom. The number of rotatable bonds is 4. The van der Waals surface area contributed by atoms with Gasteiger partial charge in [0.05, 0.1) is 6.10 Å². The molecular formula is C14H24N6O. The van der Waals surface area contributed by atoms with Crippen molar-refractivity contribution in [2.24, 2.45) is 0 Å². The lowest BCUT2D eigenvalue weighted by Gasteiger charge is -2.37. The number of hydrogen-bond acceptors (Lipinski definition) is 7. The fraction of sp³-hybridized carbons (Fsp3) is 0.786. The topological polar surface area (TPSA) is 66.4 Å². The highest BCUT2D eigenvalue weighted by Crippen LogP contribution is 2.24. The Hall–Kier alpha value is -1.63. The van der Waals surface area contributed by atoms with E-state index in [4.69, 9.17) is 4.74 Å². The number of fused-ring (bicyclic) bond motifs is 1. The highest BCUT2D eigenvalue weighted by Gasteiger charge is 2.31. The maximum Gasteiger partial charge on any atom is 0.323 e. The van der Waals surface area contributed by atoms with Gasteiger partial charge in [0.25, 0.3) is 0 Å². The molecule has 7 nitrogen and oxygen atoms in total. The maximum atomic E-state index is 5.64. The van der Waals surface area contributed by atoms with Crippen molar-refractivity contribution in [3.8, 4) is 6.01 Å². The average molecular weight is 292 g/mol. The molecule has 21 heavy (non-hydrogen) atoms. The molecule has 1 aromatic rings. The molecule has 2 saturated heterocycles. The van der Waals surface area contributed by atoms with Gasteiger partial charge in [-0.05, 0) is 33.2 Å². The van der Waals surface area contributed by atoms with Gasteiger partial charge in [0.15, 0.2) is 0 Å². The van der Waals surface area contributed by atoms with E-state index in [9.17, 15) is 0 Å². The molecule has 0 spiro atoms. The lowest BCUT2D eigenvalue weighted by Crippen LogP contribution is -2.50. The van der Waals surface area contributed by atoms with Crippen molar-refractivity contribution in [3.05, 3.63) is 0 Å². The highest BCUT2D eigenvalue weighted by molar-refractivity contribution is 5.39. The van der Waals surface area contributed by atoms with Gasteiger partial charge in [-0.1, -0.05) is 0 Å². The van der Waals surface area contributed by atoms with Crippen LogP contribution in [0.5, 0.6) is 6.01 Å². The van der Waals surface area contributed by atoms with Crippen LogP contribution in [-0.2, 0) is 0 Å². The fourth-order valence-corrected chi connectivity index (χ4v) is 3.04. The summed E-state index contributed by atoms with van der Waals surface area (Å²) in [6.07, 6.45) is 2.63. The van der Waals surface area contributed by atoms with E-state index in [2.05, 4.69) is 30.1 Å². The van der Waals surface area contributed by atoms with E-state index in [1.807, 2.05) is 20.9 Å². The zero-order chi connectivity index (χ0) is 14.8. The Morgan fingerprint density at radius 3 is 2.81 bits per heavy atom. The van der Waals surface area contributed by atoms with Gasteiger partial charge < -0.3 is 15.0 Å². The molecule has 0 aliphatic carbocycles. The van der Waals surface area contributed by atoms with Gasteiger partial charge in [-0.2, -0.15) is 15.0 Å². The summed E-state index contributed by atoms with van der Waals surface area (Å²) in [5.41, 5.74) is 0. The fourth-order valence-electron chi connectivity index (χ4n) is 3.04. The summed E-state index contributed by atoms with van der Waals surface area (Å²) in [5.74, 6) is 1.28. The number of nitrogens with one attached hydrogen (secondary N) is 1. The molecule has 0 amide bonds. The van der Waals surface area contributed by atoms with Crippen LogP contribution in [0.3, 0.4) is 0 Å². The number of nitrogens with zero attached hydrogens (tertiary/aromatic N) is 5. The molecule has 2 aliphatic heterocycles. The van der Waals surface area contributed by atoms with E-state index in [0.29, 0.717) is 18.0 Å². The Kier molecular flexibility index (Phi) is 4.10. The van der Waals surface area contributed by atoms with E-state index in [-0.39, 0.29) is 6.10 Å². The van der Waals surface area contributed by atoms with Crippen molar-refractivity contribution < 1.29 is 4.74 Å². The molecule has 2 aliphatic rings. The number of piperazine rings is 1. The first-order chi connectivity index (χ1) is 10.2. The van der Waals surface area contributed by atoms with Crippen LogP contribution in [0.25, 0.3) is 0 Å². The van der Waals surface area contributed by atoms with Gasteiger partial charge in [0.2, 0.25) is 11.9 Å². The third-order valence-corrected chi connectivity index (χ3v) is 4.04. The predicted octanol–water partition coefficient (Wildman–Crippen LogP) is 0.985. The van der Waals surface area contributed by atoms with E-state index < -0.39 is 0 Å². The normalized spacial score (nSPS) is 22.5. The first-order valence-corrected chi connectivity index (χ1v) is 7.75. The number of ether oxygens (including phenoxy) is 1. The molecule has 0 bridgehead atoms. The van der Waals surface area contributed by atoms with Gasteiger partial charge in [-0.3, -0.25) is 4.90 Å². The maximum absolute atomic E-state index is 5.64. The minimum Gasteiger partial charge on any atom is -0.461 e. The quantitative estimate of drug-likeness (QED) is 0.887. The largest absolute Gasteiger partial charge is 0.461 e. The second kappa shape index (κ2) is 6.01. The minimum absolute atomic E-state index is 0.0524. The van der Waals surface area contributed by atoms with Crippen LogP contribution in [0.1, 0.15) is 26.7 Å². The molecule has 0 aromatic carbocycles. The lowest BCUT2D eigenvalue weighted by atomic mass is 10.2. The Labute approximate surface area is 125 Å². The summed E-state index contributed by atoms with van der Waals surface area (Å²) in [4.78, 5) is 18.1. The van der Waals surface area contributed by atoms with Gasteiger partial charge in [-0.15, -0.1) is 0 Å².